The quantitative estimate of drug-likeness (QED) is 0.852. The summed E-state index contributed by atoms with van der Waals surface area (Å²) in [6.45, 7) is 2.92. The number of hydrogen-bond acceptors (Lipinski definition) is 2. The van der Waals surface area contributed by atoms with Crippen LogP contribution in [0.5, 0.6) is 0 Å². The van der Waals surface area contributed by atoms with Gasteiger partial charge in [-0.1, -0.05) is 23.7 Å². The van der Waals surface area contributed by atoms with Gasteiger partial charge in [0.25, 0.3) is 0 Å². The smallest absolute Gasteiger partial charge is 0.0441 e. The van der Waals surface area contributed by atoms with E-state index in [1.54, 1.807) is 0 Å². The fourth-order valence-corrected chi connectivity index (χ4v) is 1.95. The van der Waals surface area contributed by atoms with Crippen molar-refractivity contribution in [2.75, 3.05) is 20.6 Å². The summed E-state index contributed by atoms with van der Waals surface area (Å²) in [6.07, 6.45) is 0.831. The first-order valence-corrected chi connectivity index (χ1v) is 5.52. The van der Waals surface area contributed by atoms with E-state index in [2.05, 4.69) is 17.0 Å². The van der Waals surface area contributed by atoms with E-state index in [0.717, 1.165) is 23.6 Å². The van der Waals surface area contributed by atoms with Crippen LogP contribution in [0.2, 0.25) is 5.02 Å². The van der Waals surface area contributed by atoms with E-state index >= 15 is 0 Å². The number of benzene rings is 1. The highest BCUT2D eigenvalue weighted by Crippen LogP contribution is 2.18. The van der Waals surface area contributed by atoms with Crippen molar-refractivity contribution in [3.05, 3.63) is 34.3 Å². The Morgan fingerprint density at radius 1 is 1.40 bits per heavy atom. The molecule has 0 fully saturated rings. The SMILES string of the molecule is Cc1ccc(CC(N)CN(C)C)c(Cl)c1. The molecule has 0 saturated heterocycles. The van der Waals surface area contributed by atoms with E-state index in [4.69, 9.17) is 17.3 Å². The molecule has 1 aromatic rings. The van der Waals surface area contributed by atoms with Gasteiger partial charge in [-0.25, -0.2) is 0 Å². The molecule has 0 aromatic heterocycles. The monoisotopic (exact) mass is 226 g/mol. The molecular weight excluding hydrogens is 208 g/mol. The van der Waals surface area contributed by atoms with Crippen LogP contribution < -0.4 is 5.73 Å². The van der Waals surface area contributed by atoms with Gasteiger partial charge in [0.2, 0.25) is 0 Å². The molecule has 1 unspecified atom stereocenters. The van der Waals surface area contributed by atoms with Gasteiger partial charge in [-0.2, -0.15) is 0 Å². The molecule has 2 N–H and O–H groups in total. The van der Waals surface area contributed by atoms with Crippen LogP contribution in [0.15, 0.2) is 18.2 Å². The van der Waals surface area contributed by atoms with E-state index in [1.807, 2.05) is 27.1 Å². The van der Waals surface area contributed by atoms with Gasteiger partial charge < -0.3 is 10.6 Å². The minimum absolute atomic E-state index is 0.139. The van der Waals surface area contributed by atoms with Crippen LogP contribution in [0.4, 0.5) is 0 Å². The third-order valence-corrected chi connectivity index (χ3v) is 2.64. The first-order chi connectivity index (χ1) is 6.99. The van der Waals surface area contributed by atoms with Gasteiger partial charge in [0.1, 0.15) is 0 Å². The molecule has 0 aliphatic carbocycles. The van der Waals surface area contributed by atoms with Crippen LogP contribution in [0.1, 0.15) is 11.1 Å². The Labute approximate surface area is 97.0 Å². The van der Waals surface area contributed by atoms with Crippen LogP contribution in [0.25, 0.3) is 0 Å². The lowest BCUT2D eigenvalue weighted by Gasteiger charge is -2.17. The number of nitrogens with two attached hydrogens (primary N) is 1. The molecule has 0 heterocycles. The molecule has 0 spiro atoms. The Kier molecular flexibility index (Phi) is 4.58. The summed E-state index contributed by atoms with van der Waals surface area (Å²) in [5.41, 5.74) is 8.33. The maximum atomic E-state index is 6.14. The maximum Gasteiger partial charge on any atom is 0.0441 e. The van der Waals surface area contributed by atoms with Crippen molar-refractivity contribution in [2.24, 2.45) is 5.73 Å². The Hall–Kier alpha value is -0.570. The fraction of sp³-hybridized carbons (Fsp3) is 0.500. The molecule has 0 amide bonds. The van der Waals surface area contributed by atoms with Crippen LogP contribution >= 0.6 is 11.6 Å². The third kappa shape index (κ3) is 4.20. The molecule has 15 heavy (non-hydrogen) atoms. The molecule has 0 aliphatic heterocycles. The second-order valence-electron chi connectivity index (χ2n) is 4.32. The molecule has 0 bridgehead atoms. The average molecular weight is 227 g/mol. The lowest BCUT2D eigenvalue weighted by Crippen LogP contribution is -2.34. The van der Waals surface area contributed by atoms with Gasteiger partial charge >= 0.3 is 0 Å². The Bertz CT molecular complexity index is 323. The molecule has 1 aromatic carbocycles. The first kappa shape index (κ1) is 12.5. The average Bonchev–Trinajstić information content (AvgIpc) is 2.08. The standard InChI is InChI=1S/C12H19ClN2/c1-9-4-5-10(12(13)6-9)7-11(14)8-15(2)3/h4-6,11H,7-8,14H2,1-3H3. The molecule has 0 saturated carbocycles. The summed E-state index contributed by atoms with van der Waals surface area (Å²) in [4.78, 5) is 2.09. The predicted molar refractivity (Wildman–Crippen MR) is 66.4 cm³/mol. The van der Waals surface area contributed by atoms with Crippen molar-refractivity contribution in [1.29, 1.82) is 0 Å². The first-order valence-electron chi connectivity index (χ1n) is 5.14. The summed E-state index contributed by atoms with van der Waals surface area (Å²) >= 11 is 6.14. The highest BCUT2D eigenvalue weighted by molar-refractivity contribution is 6.31. The Balaban J connectivity index is 2.64. The second kappa shape index (κ2) is 5.50. The zero-order valence-corrected chi connectivity index (χ0v) is 10.4. The Morgan fingerprint density at radius 2 is 2.07 bits per heavy atom. The van der Waals surface area contributed by atoms with Crippen LogP contribution in [0.3, 0.4) is 0 Å². The number of hydrogen-bond donors (Lipinski definition) is 1. The zero-order chi connectivity index (χ0) is 11.4. The van der Waals surface area contributed by atoms with Crippen molar-refractivity contribution in [1.82, 2.24) is 4.90 Å². The van der Waals surface area contributed by atoms with Crippen molar-refractivity contribution >= 4 is 11.6 Å². The van der Waals surface area contributed by atoms with Gasteiger partial charge in [-0.15, -0.1) is 0 Å². The molecular formula is C12H19ClN2. The lowest BCUT2D eigenvalue weighted by molar-refractivity contribution is 0.371. The molecule has 0 radical (unpaired) electrons. The van der Waals surface area contributed by atoms with Crippen molar-refractivity contribution in [3.63, 3.8) is 0 Å². The molecule has 84 valence electrons. The summed E-state index contributed by atoms with van der Waals surface area (Å²) in [5, 5.41) is 0.823. The van der Waals surface area contributed by atoms with Crippen LogP contribution in [-0.4, -0.2) is 31.6 Å². The second-order valence-corrected chi connectivity index (χ2v) is 4.73. The largest absolute Gasteiger partial charge is 0.326 e. The molecule has 0 aliphatic rings. The normalized spacial score (nSPS) is 13.2. The van der Waals surface area contributed by atoms with Gasteiger partial charge in [0.15, 0.2) is 0 Å². The summed E-state index contributed by atoms with van der Waals surface area (Å²) < 4.78 is 0. The summed E-state index contributed by atoms with van der Waals surface area (Å²) in [5.74, 6) is 0. The lowest BCUT2D eigenvalue weighted by atomic mass is 10.0. The van der Waals surface area contributed by atoms with E-state index in [0.29, 0.717) is 0 Å². The van der Waals surface area contributed by atoms with Gasteiger partial charge in [-0.05, 0) is 44.6 Å². The number of nitrogens with zero attached hydrogens (tertiary/aromatic N) is 1. The minimum atomic E-state index is 0.139. The van der Waals surface area contributed by atoms with Crippen molar-refractivity contribution < 1.29 is 0 Å². The van der Waals surface area contributed by atoms with E-state index in [-0.39, 0.29) is 6.04 Å². The van der Waals surface area contributed by atoms with Crippen LogP contribution in [0, 0.1) is 6.92 Å². The van der Waals surface area contributed by atoms with Gasteiger partial charge in [0, 0.05) is 17.6 Å². The molecule has 3 heteroatoms. The van der Waals surface area contributed by atoms with E-state index in [1.165, 1.54) is 5.56 Å². The molecule has 1 rings (SSSR count). The van der Waals surface area contributed by atoms with Crippen molar-refractivity contribution in [2.45, 2.75) is 19.4 Å². The summed E-state index contributed by atoms with van der Waals surface area (Å²) in [7, 11) is 4.05. The van der Waals surface area contributed by atoms with Crippen LogP contribution in [-0.2, 0) is 6.42 Å². The third-order valence-electron chi connectivity index (χ3n) is 2.29. The molecule has 2 nitrogen and oxygen atoms in total. The maximum absolute atomic E-state index is 6.14. The minimum Gasteiger partial charge on any atom is -0.326 e. The Morgan fingerprint density at radius 3 is 2.60 bits per heavy atom. The predicted octanol–water partition coefficient (Wildman–Crippen LogP) is 2.08. The number of rotatable bonds is 4. The number of likely N-dealkylation sites (N-methyl/N-ethyl adjacent to an activating group) is 1. The highest BCUT2D eigenvalue weighted by atomic mass is 35.5. The zero-order valence-electron chi connectivity index (χ0n) is 9.63. The van der Waals surface area contributed by atoms with Gasteiger partial charge in [-0.3, -0.25) is 0 Å². The number of halogens is 1. The highest BCUT2D eigenvalue weighted by Gasteiger charge is 2.08. The van der Waals surface area contributed by atoms with E-state index < -0.39 is 0 Å². The fourth-order valence-electron chi connectivity index (χ4n) is 1.63. The van der Waals surface area contributed by atoms with Crippen molar-refractivity contribution in [3.8, 4) is 0 Å². The topological polar surface area (TPSA) is 29.3 Å². The molecule has 1 atom stereocenters. The van der Waals surface area contributed by atoms with Gasteiger partial charge in [0.05, 0.1) is 0 Å². The van der Waals surface area contributed by atoms with E-state index in [9.17, 15) is 0 Å². The summed E-state index contributed by atoms with van der Waals surface area (Å²) in [6, 6.07) is 6.26. The number of aryl methyl sites for hydroxylation is 1.